The van der Waals surface area contributed by atoms with E-state index in [0.717, 1.165) is 36.4 Å². The number of aromatic amines is 1. The Kier molecular flexibility index (Phi) is 5.33. The van der Waals surface area contributed by atoms with E-state index in [2.05, 4.69) is 15.5 Å². The number of methoxy groups -OCH3 is 1. The third-order valence-electron chi connectivity index (χ3n) is 4.45. The van der Waals surface area contributed by atoms with Crippen molar-refractivity contribution in [3.8, 4) is 5.75 Å². The minimum absolute atomic E-state index is 0.0217. The van der Waals surface area contributed by atoms with Crippen LogP contribution in [0.3, 0.4) is 0 Å². The van der Waals surface area contributed by atoms with Crippen LogP contribution in [0.15, 0.2) is 41.3 Å². The molecular weight excluding hydrogens is 320 g/mol. The fourth-order valence-corrected chi connectivity index (χ4v) is 3.14. The zero-order valence-electron chi connectivity index (χ0n) is 14.2. The molecule has 25 heavy (non-hydrogen) atoms. The van der Waals surface area contributed by atoms with Crippen molar-refractivity contribution in [1.82, 2.24) is 15.5 Å². The van der Waals surface area contributed by atoms with E-state index < -0.39 is 0 Å². The number of hydrogen-bond acceptors (Lipinski definition) is 5. The second-order valence-corrected chi connectivity index (χ2v) is 6.12. The number of H-pyrrole nitrogens is 1. The number of carbonyl (C=O) groups is 1. The van der Waals surface area contributed by atoms with Crippen LogP contribution in [0.25, 0.3) is 0 Å². The average molecular weight is 342 g/mol. The highest BCUT2D eigenvalue weighted by atomic mass is 16.5. The molecule has 0 unspecified atom stereocenters. The molecule has 1 aromatic heterocycles. The van der Waals surface area contributed by atoms with E-state index in [9.17, 15) is 9.59 Å². The molecule has 0 radical (unpaired) electrons. The van der Waals surface area contributed by atoms with Gasteiger partial charge in [-0.05, 0) is 18.9 Å². The van der Waals surface area contributed by atoms with Gasteiger partial charge in [0, 0.05) is 31.3 Å². The van der Waals surface area contributed by atoms with Crippen molar-refractivity contribution in [3.63, 3.8) is 0 Å². The Morgan fingerprint density at radius 2 is 2.28 bits per heavy atom. The van der Waals surface area contributed by atoms with E-state index >= 15 is 0 Å². The van der Waals surface area contributed by atoms with Gasteiger partial charge in [0.2, 0.25) is 5.91 Å². The Bertz CT molecular complexity index is 790. The first-order valence-corrected chi connectivity index (χ1v) is 8.36. The fraction of sp³-hybridized carbons (Fsp3) is 0.389. The van der Waals surface area contributed by atoms with Crippen LogP contribution < -0.4 is 20.5 Å². The number of rotatable bonds is 5. The number of nitrogens with zero attached hydrogens (tertiary/aromatic N) is 2. The molecule has 2 heterocycles. The lowest BCUT2D eigenvalue weighted by atomic mass is 9.96. The summed E-state index contributed by atoms with van der Waals surface area (Å²) < 4.78 is 5.31. The molecular formula is C18H22N4O3. The highest BCUT2D eigenvalue weighted by molar-refractivity contribution is 5.79. The molecule has 1 atom stereocenters. The topological polar surface area (TPSA) is 87.3 Å². The van der Waals surface area contributed by atoms with Crippen molar-refractivity contribution in [3.05, 3.63) is 52.4 Å². The summed E-state index contributed by atoms with van der Waals surface area (Å²) in [7, 11) is 1.62. The minimum atomic E-state index is -0.236. The van der Waals surface area contributed by atoms with E-state index in [4.69, 9.17) is 4.74 Å². The first-order chi connectivity index (χ1) is 12.2. The highest BCUT2D eigenvalue weighted by Crippen LogP contribution is 2.22. The second-order valence-electron chi connectivity index (χ2n) is 6.12. The molecule has 0 bridgehead atoms. The summed E-state index contributed by atoms with van der Waals surface area (Å²) in [5.41, 5.74) is 1.47. The standard InChI is InChI=1S/C18H22N4O3/c1-25-16-7-3-2-5-13(16)10-19-18(24)14-6-4-8-22(12-14)15-9-17(23)21-20-11-15/h2-3,5,7,9,11,14H,4,6,8,10,12H2,1H3,(H,19,24)(H,21,23)/t14-/m0/s1. The number of benzene rings is 1. The predicted octanol–water partition coefficient (Wildman–Crippen LogP) is 1.31. The largest absolute Gasteiger partial charge is 0.496 e. The summed E-state index contributed by atoms with van der Waals surface area (Å²) in [4.78, 5) is 26.0. The van der Waals surface area contributed by atoms with Crippen LogP contribution in [-0.2, 0) is 11.3 Å². The number of aromatic nitrogens is 2. The number of hydrogen-bond donors (Lipinski definition) is 2. The fourth-order valence-electron chi connectivity index (χ4n) is 3.14. The number of nitrogens with one attached hydrogen (secondary N) is 2. The molecule has 1 saturated heterocycles. The quantitative estimate of drug-likeness (QED) is 0.855. The van der Waals surface area contributed by atoms with E-state index in [1.165, 1.54) is 6.07 Å². The van der Waals surface area contributed by atoms with Gasteiger partial charge in [-0.3, -0.25) is 9.59 Å². The normalized spacial score (nSPS) is 17.2. The van der Waals surface area contributed by atoms with E-state index in [1.807, 2.05) is 29.2 Å². The van der Waals surface area contributed by atoms with Gasteiger partial charge < -0.3 is 15.0 Å². The molecule has 0 aliphatic carbocycles. The second kappa shape index (κ2) is 7.83. The molecule has 0 spiro atoms. The molecule has 1 aliphatic rings. The van der Waals surface area contributed by atoms with Crippen LogP contribution >= 0.6 is 0 Å². The van der Waals surface area contributed by atoms with Crippen LogP contribution in [0.2, 0.25) is 0 Å². The van der Waals surface area contributed by atoms with Crippen molar-refractivity contribution < 1.29 is 9.53 Å². The third-order valence-corrected chi connectivity index (χ3v) is 4.45. The third kappa shape index (κ3) is 4.17. The summed E-state index contributed by atoms with van der Waals surface area (Å²) in [6.45, 7) is 1.84. The van der Waals surface area contributed by atoms with Crippen LogP contribution in [0.4, 0.5) is 5.69 Å². The first-order valence-electron chi connectivity index (χ1n) is 8.36. The predicted molar refractivity (Wildman–Crippen MR) is 94.6 cm³/mol. The van der Waals surface area contributed by atoms with Crippen molar-refractivity contribution in [2.75, 3.05) is 25.1 Å². The maximum Gasteiger partial charge on any atom is 0.266 e. The Hall–Kier alpha value is -2.83. The zero-order valence-corrected chi connectivity index (χ0v) is 14.2. The minimum Gasteiger partial charge on any atom is -0.496 e. The van der Waals surface area contributed by atoms with Crippen LogP contribution in [0.5, 0.6) is 5.75 Å². The van der Waals surface area contributed by atoms with Crippen molar-refractivity contribution in [1.29, 1.82) is 0 Å². The number of anilines is 1. The van der Waals surface area contributed by atoms with Gasteiger partial charge in [0.05, 0.1) is 24.9 Å². The van der Waals surface area contributed by atoms with Gasteiger partial charge in [-0.25, -0.2) is 5.10 Å². The van der Waals surface area contributed by atoms with Crippen molar-refractivity contribution in [2.24, 2.45) is 5.92 Å². The summed E-state index contributed by atoms with van der Waals surface area (Å²) in [6, 6.07) is 9.16. The lowest BCUT2D eigenvalue weighted by molar-refractivity contribution is -0.125. The summed E-state index contributed by atoms with van der Waals surface area (Å²) in [6.07, 6.45) is 3.36. The van der Waals surface area contributed by atoms with E-state index in [0.29, 0.717) is 13.1 Å². The molecule has 2 N–H and O–H groups in total. The summed E-state index contributed by atoms with van der Waals surface area (Å²) >= 11 is 0. The lowest BCUT2D eigenvalue weighted by Gasteiger charge is -2.33. The van der Waals surface area contributed by atoms with Gasteiger partial charge in [0.15, 0.2) is 0 Å². The smallest absolute Gasteiger partial charge is 0.266 e. The first kappa shape index (κ1) is 17.0. The van der Waals surface area contributed by atoms with Gasteiger partial charge in [-0.2, -0.15) is 5.10 Å². The number of para-hydroxylation sites is 1. The molecule has 7 nitrogen and oxygen atoms in total. The molecule has 132 valence electrons. The van der Waals surface area contributed by atoms with Gasteiger partial charge >= 0.3 is 0 Å². The number of piperidine rings is 1. The Balaban J connectivity index is 1.61. The van der Waals surface area contributed by atoms with Crippen molar-refractivity contribution >= 4 is 11.6 Å². The Labute approximate surface area is 146 Å². The molecule has 0 saturated carbocycles. The molecule has 1 aliphatic heterocycles. The van der Waals surface area contributed by atoms with Crippen molar-refractivity contribution in [2.45, 2.75) is 19.4 Å². The number of ether oxygens (including phenoxy) is 1. The maximum atomic E-state index is 12.6. The van der Waals surface area contributed by atoms with Crippen LogP contribution in [0, 0.1) is 5.92 Å². The zero-order chi connectivity index (χ0) is 17.6. The summed E-state index contributed by atoms with van der Waals surface area (Å²) in [5.74, 6) is 0.679. The molecule has 1 fully saturated rings. The Morgan fingerprint density at radius 3 is 3.08 bits per heavy atom. The van der Waals surface area contributed by atoms with Crippen LogP contribution in [-0.4, -0.2) is 36.3 Å². The lowest BCUT2D eigenvalue weighted by Crippen LogP contribution is -2.43. The number of amides is 1. The molecule has 1 aromatic carbocycles. The average Bonchev–Trinajstić information content (AvgIpc) is 2.66. The van der Waals surface area contributed by atoms with E-state index in [-0.39, 0.29) is 17.4 Å². The number of carbonyl (C=O) groups excluding carboxylic acids is 1. The SMILES string of the molecule is COc1ccccc1CNC(=O)[C@H]1CCCN(c2cn[nH]c(=O)c2)C1. The molecule has 7 heteroatoms. The monoisotopic (exact) mass is 342 g/mol. The summed E-state index contributed by atoms with van der Waals surface area (Å²) in [5, 5.41) is 9.20. The van der Waals surface area contributed by atoms with E-state index in [1.54, 1.807) is 13.3 Å². The van der Waals surface area contributed by atoms with Gasteiger partial charge in [0.1, 0.15) is 5.75 Å². The van der Waals surface area contributed by atoms with Gasteiger partial charge in [-0.15, -0.1) is 0 Å². The Morgan fingerprint density at radius 1 is 1.44 bits per heavy atom. The van der Waals surface area contributed by atoms with Crippen LogP contribution in [0.1, 0.15) is 18.4 Å². The molecule has 2 aromatic rings. The molecule has 3 rings (SSSR count). The van der Waals surface area contributed by atoms with Gasteiger partial charge in [-0.1, -0.05) is 18.2 Å². The molecule has 1 amide bonds. The highest BCUT2D eigenvalue weighted by Gasteiger charge is 2.26. The van der Waals surface area contributed by atoms with Gasteiger partial charge in [0.25, 0.3) is 5.56 Å². The maximum absolute atomic E-state index is 12.6.